The second-order valence-electron chi connectivity index (χ2n) is 7.93. The Morgan fingerprint density at radius 2 is 1.82 bits per heavy atom. The van der Waals surface area contributed by atoms with Gasteiger partial charge >= 0.3 is 6.18 Å². The van der Waals surface area contributed by atoms with Gasteiger partial charge in [-0.15, -0.1) is 0 Å². The van der Waals surface area contributed by atoms with Crippen LogP contribution in [0, 0.1) is 0 Å². The van der Waals surface area contributed by atoms with E-state index in [1.807, 2.05) is 24.3 Å². The molecule has 34 heavy (non-hydrogen) atoms. The zero-order valence-corrected chi connectivity index (χ0v) is 18.0. The molecule has 2 N–H and O–H groups in total. The van der Waals surface area contributed by atoms with E-state index in [0.29, 0.717) is 22.5 Å². The van der Waals surface area contributed by atoms with Crippen LogP contribution in [0.1, 0.15) is 16.1 Å². The van der Waals surface area contributed by atoms with Crippen LogP contribution in [-0.2, 0) is 6.18 Å². The van der Waals surface area contributed by atoms with Crippen LogP contribution < -0.4 is 15.5 Å². The number of anilines is 2. The standard InChI is InChI=1S/C24H21F3N6O/c25-24(26,27)17-5-3-4-16(14-17)18-15-29-33-11-8-20(30-22(18)33)23(34)31-19-6-1-2-7-21(19)32-12-9-28-10-13-32/h1-8,11,14-15,28H,9-10,12-13H2,(H,31,34). The average Bonchev–Trinajstić information content (AvgIpc) is 3.28. The maximum absolute atomic E-state index is 13.2. The number of aromatic nitrogens is 3. The number of piperazine rings is 1. The van der Waals surface area contributed by atoms with E-state index in [9.17, 15) is 18.0 Å². The van der Waals surface area contributed by atoms with E-state index in [2.05, 4.69) is 25.6 Å². The molecule has 0 atom stereocenters. The second kappa shape index (κ2) is 8.79. The predicted molar refractivity (Wildman–Crippen MR) is 123 cm³/mol. The molecule has 3 heterocycles. The third-order valence-electron chi connectivity index (χ3n) is 5.71. The van der Waals surface area contributed by atoms with E-state index in [4.69, 9.17) is 0 Å². The molecule has 0 aliphatic carbocycles. The van der Waals surface area contributed by atoms with E-state index < -0.39 is 17.6 Å². The van der Waals surface area contributed by atoms with Crippen molar-refractivity contribution in [1.82, 2.24) is 19.9 Å². The number of nitrogens with zero attached hydrogens (tertiary/aromatic N) is 4. The molecule has 1 amide bonds. The molecule has 0 spiro atoms. The number of carbonyl (C=O) groups excluding carboxylic acids is 1. The molecule has 2 aromatic heterocycles. The molecule has 5 rings (SSSR count). The van der Waals surface area contributed by atoms with Crippen LogP contribution in [0.5, 0.6) is 0 Å². The highest BCUT2D eigenvalue weighted by Gasteiger charge is 2.30. The lowest BCUT2D eigenvalue weighted by Crippen LogP contribution is -2.43. The van der Waals surface area contributed by atoms with E-state index in [0.717, 1.165) is 44.0 Å². The summed E-state index contributed by atoms with van der Waals surface area (Å²) in [6.07, 6.45) is -1.45. The van der Waals surface area contributed by atoms with Crippen molar-refractivity contribution in [2.24, 2.45) is 0 Å². The SMILES string of the molecule is O=C(Nc1ccccc1N1CCNCC1)c1ccn2ncc(-c3cccc(C(F)(F)F)c3)c2n1. The molecular weight excluding hydrogens is 445 g/mol. The minimum absolute atomic E-state index is 0.135. The largest absolute Gasteiger partial charge is 0.416 e. The van der Waals surface area contributed by atoms with Gasteiger partial charge in [0.15, 0.2) is 5.65 Å². The smallest absolute Gasteiger partial charge is 0.367 e. The maximum atomic E-state index is 13.2. The third-order valence-corrected chi connectivity index (χ3v) is 5.71. The van der Waals surface area contributed by atoms with Gasteiger partial charge in [0, 0.05) is 37.9 Å². The summed E-state index contributed by atoms with van der Waals surface area (Å²) in [5, 5.41) is 10.4. The molecule has 7 nitrogen and oxygen atoms in total. The normalized spacial score (nSPS) is 14.4. The number of fused-ring (bicyclic) bond motifs is 1. The van der Waals surface area contributed by atoms with E-state index in [-0.39, 0.29) is 5.69 Å². The number of alkyl halides is 3. The number of nitrogens with one attached hydrogen (secondary N) is 2. The zero-order chi connectivity index (χ0) is 23.7. The van der Waals surface area contributed by atoms with Crippen molar-refractivity contribution >= 4 is 22.9 Å². The van der Waals surface area contributed by atoms with Crippen LogP contribution in [0.15, 0.2) is 67.0 Å². The number of benzene rings is 2. The fourth-order valence-corrected chi connectivity index (χ4v) is 4.01. The first-order chi connectivity index (χ1) is 16.4. The summed E-state index contributed by atoms with van der Waals surface area (Å²) in [4.78, 5) is 19.7. The van der Waals surface area contributed by atoms with Crippen molar-refractivity contribution in [3.05, 3.63) is 78.2 Å². The van der Waals surface area contributed by atoms with Gasteiger partial charge in [-0.2, -0.15) is 18.3 Å². The van der Waals surface area contributed by atoms with Gasteiger partial charge in [0.1, 0.15) is 5.69 Å². The van der Waals surface area contributed by atoms with Gasteiger partial charge in [0.25, 0.3) is 5.91 Å². The quantitative estimate of drug-likeness (QED) is 0.474. The molecule has 4 aromatic rings. The highest BCUT2D eigenvalue weighted by atomic mass is 19.4. The Bertz CT molecular complexity index is 1340. The van der Waals surface area contributed by atoms with Crippen molar-refractivity contribution in [2.75, 3.05) is 36.4 Å². The van der Waals surface area contributed by atoms with Gasteiger partial charge in [-0.05, 0) is 35.9 Å². The summed E-state index contributed by atoms with van der Waals surface area (Å²) in [5.41, 5.74) is 1.98. The van der Waals surface area contributed by atoms with E-state index >= 15 is 0 Å². The van der Waals surface area contributed by atoms with Crippen molar-refractivity contribution < 1.29 is 18.0 Å². The Kier molecular flexibility index (Phi) is 5.66. The first-order valence-corrected chi connectivity index (χ1v) is 10.8. The van der Waals surface area contributed by atoms with Crippen molar-refractivity contribution in [2.45, 2.75) is 6.18 Å². The lowest BCUT2D eigenvalue weighted by atomic mass is 10.1. The first kappa shape index (κ1) is 21.9. The minimum atomic E-state index is -4.46. The van der Waals surface area contributed by atoms with Crippen molar-refractivity contribution in [3.63, 3.8) is 0 Å². The molecule has 2 aromatic carbocycles. The number of amides is 1. The van der Waals surface area contributed by atoms with Crippen LogP contribution in [-0.4, -0.2) is 46.7 Å². The summed E-state index contributed by atoms with van der Waals surface area (Å²) in [5.74, 6) is -0.415. The molecule has 10 heteroatoms. The Morgan fingerprint density at radius 1 is 1.03 bits per heavy atom. The fourth-order valence-electron chi connectivity index (χ4n) is 4.01. The predicted octanol–water partition coefficient (Wildman–Crippen LogP) is 4.08. The highest BCUT2D eigenvalue weighted by molar-refractivity contribution is 6.05. The average molecular weight is 466 g/mol. The van der Waals surface area contributed by atoms with Crippen LogP contribution in [0.4, 0.5) is 24.5 Å². The van der Waals surface area contributed by atoms with E-state index in [1.54, 1.807) is 12.3 Å². The van der Waals surface area contributed by atoms with Crippen LogP contribution in [0.25, 0.3) is 16.8 Å². The molecule has 0 bridgehead atoms. The molecule has 1 saturated heterocycles. The molecule has 1 aliphatic heterocycles. The second-order valence-corrected chi connectivity index (χ2v) is 7.93. The Morgan fingerprint density at radius 3 is 2.62 bits per heavy atom. The van der Waals surface area contributed by atoms with Gasteiger partial charge in [-0.3, -0.25) is 4.79 Å². The van der Waals surface area contributed by atoms with E-state index in [1.165, 1.54) is 22.8 Å². The molecule has 1 fully saturated rings. The molecule has 0 unspecified atom stereocenters. The number of hydrogen-bond acceptors (Lipinski definition) is 5. The van der Waals surface area contributed by atoms with Gasteiger partial charge in [-0.25, -0.2) is 9.50 Å². The summed E-state index contributed by atoms with van der Waals surface area (Å²) in [6, 6.07) is 14.0. The highest BCUT2D eigenvalue weighted by Crippen LogP contribution is 2.33. The number of hydrogen-bond donors (Lipinski definition) is 2. The molecule has 174 valence electrons. The number of rotatable bonds is 4. The van der Waals surface area contributed by atoms with Crippen LogP contribution >= 0.6 is 0 Å². The lowest BCUT2D eigenvalue weighted by Gasteiger charge is -2.31. The summed E-state index contributed by atoms with van der Waals surface area (Å²) >= 11 is 0. The fraction of sp³-hybridized carbons (Fsp3) is 0.208. The Balaban J connectivity index is 1.45. The van der Waals surface area contributed by atoms with Gasteiger partial charge in [0.2, 0.25) is 0 Å². The Hall–Kier alpha value is -3.92. The van der Waals surface area contributed by atoms with Crippen LogP contribution in [0.2, 0.25) is 0 Å². The van der Waals surface area contributed by atoms with Gasteiger partial charge in [0.05, 0.1) is 23.1 Å². The molecule has 0 saturated carbocycles. The number of para-hydroxylation sites is 2. The molecule has 0 radical (unpaired) electrons. The van der Waals surface area contributed by atoms with Gasteiger partial charge < -0.3 is 15.5 Å². The van der Waals surface area contributed by atoms with Crippen LogP contribution in [0.3, 0.4) is 0 Å². The molecular formula is C24H21F3N6O. The summed E-state index contributed by atoms with van der Waals surface area (Å²) < 4.78 is 40.9. The topological polar surface area (TPSA) is 74.6 Å². The summed E-state index contributed by atoms with van der Waals surface area (Å²) in [6.45, 7) is 3.38. The Labute approximate surface area is 193 Å². The van der Waals surface area contributed by atoms with Crippen molar-refractivity contribution in [3.8, 4) is 11.1 Å². The summed E-state index contributed by atoms with van der Waals surface area (Å²) in [7, 11) is 0. The molecule has 1 aliphatic rings. The zero-order valence-electron chi connectivity index (χ0n) is 18.0. The maximum Gasteiger partial charge on any atom is 0.416 e. The first-order valence-electron chi connectivity index (χ1n) is 10.8. The lowest BCUT2D eigenvalue weighted by molar-refractivity contribution is -0.137. The van der Waals surface area contributed by atoms with Gasteiger partial charge in [-0.1, -0.05) is 24.3 Å². The van der Waals surface area contributed by atoms with Crippen molar-refractivity contribution in [1.29, 1.82) is 0 Å². The third kappa shape index (κ3) is 4.32. The monoisotopic (exact) mass is 466 g/mol. The minimum Gasteiger partial charge on any atom is -0.367 e. The number of carbonyl (C=O) groups is 1. The number of halogens is 3.